The van der Waals surface area contributed by atoms with Crippen LogP contribution < -0.4 is 11.1 Å². The SMILES string of the molecule is CCC1OC(n2cnc3c(N)ncnc32)CC1NC(=O)OCc1ccccc1. The van der Waals surface area contributed by atoms with Gasteiger partial charge in [-0.2, -0.15) is 0 Å². The van der Waals surface area contributed by atoms with Crippen LogP contribution in [0.25, 0.3) is 11.2 Å². The largest absolute Gasteiger partial charge is 0.445 e. The van der Waals surface area contributed by atoms with Crippen molar-refractivity contribution in [2.75, 3.05) is 5.73 Å². The molecule has 9 heteroatoms. The number of alkyl carbamates (subject to hydrolysis) is 1. The van der Waals surface area contributed by atoms with E-state index in [1.54, 1.807) is 6.33 Å². The molecule has 2 aromatic heterocycles. The highest BCUT2D eigenvalue weighted by atomic mass is 16.6. The number of carbonyl (C=O) groups is 1. The fourth-order valence-electron chi connectivity index (χ4n) is 3.43. The molecule has 3 atom stereocenters. The van der Waals surface area contributed by atoms with Gasteiger partial charge in [-0.25, -0.2) is 19.7 Å². The van der Waals surface area contributed by atoms with Gasteiger partial charge < -0.3 is 20.5 Å². The van der Waals surface area contributed by atoms with Crippen molar-refractivity contribution in [3.8, 4) is 0 Å². The van der Waals surface area contributed by atoms with E-state index in [0.717, 1.165) is 12.0 Å². The minimum Gasteiger partial charge on any atom is -0.445 e. The van der Waals surface area contributed by atoms with E-state index in [0.29, 0.717) is 23.4 Å². The fourth-order valence-corrected chi connectivity index (χ4v) is 3.43. The summed E-state index contributed by atoms with van der Waals surface area (Å²) >= 11 is 0. The van der Waals surface area contributed by atoms with Gasteiger partial charge in [0.15, 0.2) is 11.5 Å². The van der Waals surface area contributed by atoms with E-state index >= 15 is 0 Å². The monoisotopic (exact) mass is 382 g/mol. The van der Waals surface area contributed by atoms with Gasteiger partial charge in [-0.3, -0.25) is 4.57 Å². The van der Waals surface area contributed by atoms with Crippen molar-refractivity contribution in [2.45, 2.75) is 44.7 Å². The number of fused-ring (bicyclic) bond motifs is 1. The molecular weight excluding hydrogens is 360 g/mol. The zero-order valence-electron chi connectivity index (χ0n) is 15.5. The second kappa shape index (κ2) is 7.81. The maximum Gasteiger partial charge on any atom is 0.407 e. The lowest BCUT2D eigenvalue weighted by molar-refractivity contribution is -0.00130. The highest BCUT2D eigenvalue weighted by Gasteiger charge is 2.37. The maximum absolute atomic E-state index is 12.2. The Kier molecular flexibility index (Phi) is 5.07. The Hall–Kier alpha value is -3.20. The van der Waals surface area contributed by atoms with Crippen LogP contribution in [0.3, 0.4) is 0 Å². The van der Waals surface area contributed by atoms with Crippen LogP contribution in [0.2, 0.25) is 0 Å². The number of anilines is 1. The van der Waals surface area contributed by atoms with Crippen molar-refractivity contribution >= 4 is 23.1 Å². The van der Waals surface area contributed by atoms with Gasteiger partial charge in [0.25, 0.3) is 0 Å². The highest BCUT2D eigenvalue weighted by Crippen LogP contribution is 2.32. The zero-order valence-corrected chi connectivity index (χ0v) is 15.5. The fraction of sp³-hybridized carbons (Fsp3) is 0.368. The third-order valence-corrected chi connectivity index (χ3v) is 4.85. The summed E-state index contributed by atoms with van der Waals surface area (Å²) in [5.74, 6) is 0.327. The zero-order chi connectivity index (χ0) is 19.5. The molecule has 1 saturated heterocycles. The molecule has 3 aromatic rings. The van der Waals surface area contributed by atoms with E-state index < -0.39 is 6.09 Å². The third-order valence-electron chi connectivity index (χ3n) is 4.85. The summed E-state index contributed by atoms with van der Waals surface area (Å²) in [6, 6.07) is 9.39. The smallest absolute Gasteiger partial charge is 0.407 e. The van der Waals surface area contributed by atoms with Crippen LogP contribution in [0.1, 0.15) is 31.6 Å². The number of amides is 1. The van der Waals surface area contributed by atoms with Crippen molar-refractivity contribution in [1.29, 1.82) is 0 Å². The molecule has 9 nitrogen and oxygen atoms in total. The second-order valence-electron chi connectivity index (χ2n) is 6.67. The molecular formula is C19H22N6O3. The molecule has 1 amide bonds. The van der Waals surface area contributed by atoms with Crippen molar-refractivity contribution < 1.29 is 14.3 Å². The van der Waals surface area contributed by atoms with Gasteiger partial charge in [-0.15, -0.1) is 0 Å². The Morgan fingerprint density at radius 3 is 2.93 bits per heavy atom. The van der Waals surface area contributed by atoms with Gasteiger partial charge in [0.05, 0.1) is 18.5 Å². The van der Waals surface area contributed by atoms with E-state index in [4.69, 9.17) is 15.2 Å². The number of imidazole rings is 1. The van der Waals surface area contributed by atoms with Gasteiger partial charge in [-0.1, -0.05) is 37.3 Å². The molecule has 1 fully saturated rings. The molecule has 3 heterocycles. The first-order valence-corrected chi connectivity index (χ1v) is 9.21. The highest BCUT2D eigenvalue weighted by molar-refractivity contribution is 5.81. The van der Waals surface area contributed by atoms with Crippen LogP contribution >= 0.6 is 0 Å². The van der Waals surface area contributed by atoms with Crippen molar-refractivity contribution in [3.63, 3.8) is 0 Å². The predicted octanol–water partition coefficient (Wildman–Crippen LogP) is 2.40. The lowest BCUT2D eigenvalue weighted by Gasteiger charge is -2.17. The number of nitrogens with zero attached hydrogens (tertiary/aromatic N) is 4. The van der Waals surface area contributed by atoms with E-state index in [1.165, 1.54) is 6.33 Å². The third kappa shape index (κ3) is 3.61. The summed E-state index contributed by atoms with van der Waals surface area (Å²) in [6.07, 6.45) is 3.48. The first-order chi connectivity index (χ1) is 13.7. The number of carbonyl (C=O) groups excluding carboxylic acids is 1. The summed E-state index contributed by atoms with van der Waals surface area (Å²) in [4.78, 5) is 24.7. The second-order valence-corrected chi connectivity index (χ2v) is 6.67. The molecule has 0 spiro atoms. The molecule has 28 heavy (non-hydrogen) atoms. The van der Waals surface area contributed by atoms with Gasteiger partial charge in [0.2, 0.25) is 0 Å². The van der Waals surface area contributed by atoms with Crippen LogP contribution in [0.15, 0.2) is 43.0 Å². The standard InChI is InChI=1S/C19H22N6O3/c1-2-14-13(24-19(26)27-9-12-6-4-3-5-7-12)8-15(28-14)25-11-23-16-17(20)21-10-22-18(16)25/h3-7,10-11,13-15H,2,8-9H2,1H3,(H,24,26)(H2,20,21,22). The summed E-state index contributed by atoms with van der Waals surface area (Å²) < 4.78 is 13.3. The number of nitrogen functional groups attached to an aromatic ring is 1. The van der Waals surface area contributed by atoms with Crippen LogP contribution in [0, 0.1) is 0 Å². The Morgan fingerprint density at radius 2 is 2.14 bits per heavy atom. The minimum atomic E-state index is -0.460. The first-order valence-electron chi connectivity index (χ1n) is 9.21. The number of aromatic nitrogens is 4. The number of hydrogen-bond acceptors (Lipinski definition) is 7. The summed E-state index contributed by atoms with van der Waals surface area (Å²) in [7, 11) is 0. The van der Waals surface area contributed by atoms with Crippen LogP contribution in [0.4, 0.5) is 10.6 Å². The minimum absolute atomic E-state index is 0.133. The molecule has 1 aliphatic rings. The Morgan fingerprint density at radius 1 is 1.32 bits per heavy atom. The van der Waals surface area contributed by atoms with E-state index in [-0.39, 0.29) is 25.0 Å². The van der Waals surface area contributed by atoms with E-state index in [1.807, 2.05) is 41.8 Å². The summed E-state index contributed by atoms with van der Waals surface area (Å²) in [6.45, 7) is 2.24. The van der Waals surface area contributed by atoms with Crippen LogP contribution in [-0.4, -0.2) is 37.8 Å². The van der Waals surface area contributed by atoms with E-state index in [9.17, 15) is 4.79 Å². The molecule has 3 unspecified atom stereocenters. The number of nitrogens with one attached hydrogen (secondary N) is 1. The normalized spacial score (nSPS) is 21.7. The number of ether oxygens (including phenoxy) is 2. The molecule has 4 rings (SSSR count). The molecule has 0 aliphatic carbocycles. The van der Waals surface area contributed by atoms with Gasteiger partial charge in [-0.05, 0) is 12.0 Å². The first kappa shape index (κ1) is 18.2. The summed E-state index contributed by atoms with van der Waals surface area (Å²) in [5.41, 5.74) is 7.94. The average Bonchev–Trinajstić information content (AvgIpc) is 3.32. The number of benzene rings is 1. The topological polar surface area (TPSA) is 117 Å². The Labute approximate surface area is 161 Å². The van der Waals surface area contributed by atoms with Gasteiger partial charge in [0, 0.05) is 6.42 Å². The predicted molar refractivity (Wildman–Crippen MR) is 102 cm³/mol. The van der Waals surface area contributed by atoms with Gasteiger partial charge >= 0.3 is 6.09 Å². The lowest BCUT2D eigenvalue weighted by Crippen LogP contribution is -2.40. The number of nitrogens with two attached hydrogens (primary N) is 1. The number of rotatable bonds is 5. The molecule has 0 saturated carbocycles. The molecule has 1 aliphatic heterocycles. The van der Waals surface area contributed by atoms with Crippen molar-refractivity contribution in [3.05, 3.63) is 48.5 Å². The average molecular weight is 382 g/mol. The van der Waals surface area contributed by atoms with Crippen LogP contribution in [0.5, 0.6) is 0 Å². The van der Waals surface area contributed by atoms with E-state index in [2.05, 4.69) is 20.3 Å². The molecule has 1 aromatic carbocycles. The van der Waals surface area contributed by atoms with Crippen LogP contribution in [-0.2, 0) is 16.1 Å². The number of hydrogen-bond donors (Lipinski definition) is 2. The molecule has 0 bridgehead atoms. The molecule has 146 valence electrons. The lowest BCUT2D eigenvalue weighted by atomic mass is 10.1. The maximum atomic E-state index is 12.2. The summed E-state index contributed by atoms with van der Waals surface area (Å²) in [5, 5.41) is 2.92. The molecule has 3 N–H and O–H groups in total. The van der Waals surface area contributed by atoms with Crippen molar-refractivity contribution in [2.24, 2.45) is 0 Å². The molecule has 0 radical (unpaired) electrons. The Balaban J connectivity index is 1.42. The Bertz CT molecular complexity index is 961. The quantitative estimate of drug-likeness (QED) is 0.696. The van der Waals surface area contributed by atoms with Gasteiger partial charge in [0.1, 0.15) is 24.7 Å². The van der Waals surface area contributed by atoms with Crippen molar-refractivity contribution in [1.82, 2.24) is 24.8 Å².